The van der Waals surface area contributed by atoms with Crippen LogP contribution >= 0.6 is 11.3 Å². The molecule has 0 atom stereocenters. The Labute approximate surface area is 79.9 Å². The van der Waals surface area contributed by atoms with Crippen molar-refractivity contribution in [3.8, 4) is 0 Å². The molecule has 13 heavy (non-hydrogen) atoms. The van der Waals surface area contributed by atoms with E-state index in [2.05, 4.69) is 4.98 Å². The van der Waals surface area contributed by atoms with E-state index >= 15 is 0 Å². The Bertz CT molecular complexity index is 366. The van der Waals surface area contributed by atoms with Crippen LogP contribution < -0.4 is 0 Å². The zero-order chi connectivity index (χ0) is 9.10. The van der Waals surface area contributed by atoms with Gasteiger partial charge in [0, 0.05) is 18.0 Å². The summed E-state index contributed by atoms with van der Waals surface area (Å²) in [6.07, 6.45) is 2.57. The van der Waals surface area contributed by atoms with Gasteiger partial charge in [-0.1, -0.05) is 12.1 Å². The second-order valence-electron chi connectivity index (χ2n) is 2.73. The molecule has 66 valence electrons. The smallest absolute Gasteiger partial charge is 0.123 e. The van der Waals surface area contributed by atoms with Gasteiger partial charge >= 0.3 is 0 Å². The minimum atomic E-state index is -0.192. The number of rotatable bonds is 2. The summed E-state index contributed by atoms with van der Waals surface area (Å²) in [5.74, 6) is -0.192. The van der Waals surface area contributed by atoms with E-state index in [4.69, 9.17) is 0 Å². The van der Waals surface area contributed by atoms with E-state index in [1.54, 1.807) is 29.7 Å². The van der Waals surface area contributed by atoms with Crippen LogP contribution in [0.2, 0.25) is 0 Å². The predicted molar refractivity (Wildman–Crippen MR) is 51.3 cm³/mol. The van der Waals surface area contributed by atoms with Crippen LogP contribution in [0.1, 0.15) is 10.6 Å². The molecule has 0 aliphatic heterocycles. The minimum Gasteiger partial charge on any atom is -0.249 e. The van der Waals surface area contributed by atoms with Crippen molar-refractivity contribution in [3.05, 3.63) is 52.2 Å². The van der Waals surface area contributed by atoms with Gasteiger partial charge in [-0.2, -0.15) is 0 Å². The van der Waals surface area contributed by atoms with E-state index in [0.717, 1.165) is 17.0 Å². The van der Waals surface area contributed by atoms with Crippen LogP contribution in [0.4, 0.5) is 4.39 Å². The highest BCUT2D eigenvalue weighted by Gasteiger charge is 1.98. The Morgan fingerprint density at radius 3 is 2.62 bits per heavy atom. The fraction of sp³-hybridized carbons (Fsp3) is 0.100. The molecule has 0 spiro atoms. The number of benzene rings is 1. The number of thiazole rings is 1. The first-order valence-corrected chi connectivity index (χ1v) is 4.85. The molecule has 0 aliphatic rings. The van der Waals surface area contributed by atoms with E-state index in [0.29, 0.717) is 0 Å². The molecule has 1 aromatic heterocycles. The highest BCUT2D eigenvalue weighted by atomic mass is 32.1. The number of halogens is 1. The maximum atomic E-state index is 12.6. The molecular formula is C10H8FNS. The van der Waals surface area contributed by atoms with Gasteiger partial charge < -0.3 is 0 Å². The lowest BCUT2D eigenvalue weighted by molar-refractivity contribution is 0.627. The summed E-state index contributed by atoms with van der Waals surface area (Å²) in [6.45, 7) is 0. The van der Waals surface area contributed by atoms with Gasteiger partial charge in [0.1, 0.15) is 5.82 Å². The van der Waals surface area contributed by atoms with Gasteiger partial charge in [0.2, 0.25) is 0 Å². The molecule has 1 nitrogen and oxygen atoms in total. The summed E-state index contributed by atoms with van der Waals surface area (Å²) in [5.41, 5.74) is 1.09. The van der Waals surface area contributed by atoms with Crippen LogP contribution in [0.25, 0.3) is 0 Å². The molecule has 0 fully saturated rings. The molecule has 0 radical (unpaired) electrons. The first kappa shape index (κ1) is 8.38. The fourth-order valence-electron chi connectivity index (χ4n) is 1.12. The zero-order valence-electron chi connectivity index (χ0n) is 6.90. The van der Waals surface area contributed by atoms with Crippen molar-refractivity contribution >= 4 is 11.3 Å². The molecule has 0 amide bonds. The molecule has 0 unspecified atom stereocenters. The van der Waals surface area contributed by atoms with Crippen molar-refractivity contribution in [2.75, 3.05) is 0 Å². The first-order chi connectivity index (χ1) is 6.34. The van der Waals surface area contributed by atoms with Crippen LogP contribution in [-0.4, -0.2) is 4.98 Å². The number of hydrogen-bond acceptors (Lipinski definition) is 2. The fourth-order valence-corrected chi connectivity index (χ4v) is 1.77. The quantitative estimate of drug-likeness (QED) is 0.714. The number of aromatic nitrogens is 1. The maximum absolute atomic E-state index is 12.6. The van der Waals surface area contributed by atoms with E-state index in [9.17, 15) is 4.39 Å². The van der Waals surface area contributed by atoms with Crippen LogP contribution in [0.3, 0.4) is 0 Å². The summed E-state index contributed by atoms with van der Waals surface area (Å²) in [5, 5.41) is 3.00. The van der Waals surface area contributed by atoms with Crippen LogP contribution in [0.15, 0.2) is 35.8 Å². The van der Waals surface area contributed by atoms with E-state index in [1.165, 1.54) is 12.1 Å². The minimum absolute atomic E-state index is 0.192. The Morgan fingerprint density at radius 1 is 1.23 bits per heavy atom. The van der Waals surface area contributed by atoms with Crippen LogP contribution in [0, 0.1) is 5.82 Å². The van der Waals surface area contributed by atoms with E-state index in [-0.39, 0.29) is 5.82 Å². The van der Waals surface area contributed by atoms with Gasteiger partial charge in [-0.3, -0.25) is 0 Å². The second-order valence-corrected chi connectivity index (χ2v) is 3.71. The van der Waals surface area contributed by atoms with Gasteiger partial charge in [-0.15, -0.1) is 11.3 Å². The molecule has 0 aliphatic carbocycles. The SMILES string of the molecule is Fc1ccc(Cc2nccs2)cc1. The van der Waals surface area contributed by atoms with Crippen molar-refractivity contribution in [2.24, 2.45) is 0 Å². The number of hydrogen-bond donors (Lipinski definition) is 0. The topological polar surface area (TPSA) is 12.9 Å². The average molecular weight is 193 g/mol. The Morgan fingerprint density at radius 2 is 2.00 bits per heavy atom. The molecule has 2 rings (SSSR count). The summed E-state index contributed by atoms with van der Waals surface area (Å²) in [6, 6.07) is 6.53. The van der Waals surface area contributed by atoms with Crippen LogP contribution in [-0.2, 0) is 6.42 Å². The van der Waals surface area contributed by atoms with Gasteiger partial charge in [0.15, 0.2) is 0 Å². The third-order valence-electron chi connectivity index (χ3n) is 1.75. The van der Waals surface area contributed by atoms with Crippen molar-refractivity contribution in [1.82, 2.24) is 4.98 Å². The molecule has 0 N–H and O–H groups in total. The first-order valence-electron chi connectivity index (χ1n) is 3.97. The molecule has 3 heteroatoms. The summed E-state index contributed by atoms with van der Waals surface area (Å²) in [4.78, 5) is 4.16. The van der Waals surface area contributed by atoms with Gasteiger partial charge in [0.25, 0.3) is 0 Å². The lowest BCUT2D eigenvalue weighted by atomic mass is 10.2. The van der Waals surface area contributed by atoms with Crippen molar-refractivity contribution < 1.29 is 4.39 Å². The summed E-state index contributed by atoms with van der Waals surface area (Å²) in [7, 11) is 0. The molecule has 1 aromatic carbocycles. The summed E-state index contributed by atoms with van der Waals surface area (Å²) < 4.78 is 12.6. The largest absolute Gasteiger partial charge is 0.249 e. The Balaban J connectivity index is 2.15. The highest BCUT2D eigenvalue weighted by molar-refractivity contribution is 7.09. The van der Waals surface area contributed by atoms with E-state index in [1.807, 2.05) is 5.38 Å². The third-order valence-corrected chi connectivity index (χ3v) is 2.53. The molecule has 0 saturated carbocycles. The Kier molecular flexibility index (Phi) is 2.36. The summed E-state index contributed by atoms with van der Waals surface area (Å²) >= 11 is 1.62. The maximum Gasteiger partial charge on any atom is 0.123 e. The molecular weight excluding hydrogens is 185 g/mol. The average Bonchev–Trinajstić information content (AvgIpc) is 2.62. The molecule has 0 bridgehead atoms. The lowest BCUT2D eigenvalue weighted by Crippen LogP contribution is -1.86. The Hall–Kier alpha value is -1.22. The lowest BCUT2D eigenvalue weighted by Gasteiger charge is -1.96. The van der Waals surface area contributed by atoms with E-state index < -0.39 is 0 Å². The number of nitrogens with zero attached hydrogens (tertiary/aromatic N) is 1. The van der Waals surface area contributed by atoms with Crippen molar-refractivity contribution in [2.45, 2.75) is 6.42 Å². The molecule has 2 aromatic rings. The van der Waals surface area contributed by atoms with Crippen LogP contribution in [0.5, 0.6) is 0 Å². The monoisotopic (exact) mass is 193 g/mol. The molecule has 1 heterocycles. The van der Waals surface area contributed by atoms with Gasteiger partial charge in [0.05, 0.1) is 5.01 Å². The third kappa shape index (κ3) is 2.12. The van der Waals surface area contributed by atoms with Gasteiger partial charge in [-0.05, 0) is 17.7 Å². The standard InChI is InChI=1S/C10H8FNS/c11-9-3-1-8(2-4-9)7-10-12-5-6-13-10/h1-6H,7H2. The van der Waals surface area contributed by atoms with Crippen molar-refractivity contribution in [3.63, 3.8) is 0 Å². The normalized spacial score (nSPS) is 10.2. The second kappa shape index (κ2) is 3.66. The zero-order valence-corrected chi connectivity index (χ0v) is 7.72. The molecule has 0 saturated heterocycles. The van der Waals surface area contributed by atoms with Gasteiger partial charge in [-0.25, -0.2) is 9.37 Å². The van der Waals surface area contributed by atoms with Crippen molar-refractivity contribution in [1.29, 1.82) is 0 Å². The predicted octanol–water partition coefficient (Wildman–Crippen LogP) is 2.87. The highest BCUT2D eigenvalue weighted by Crippen LogP contribution is 2.11.